The van der Waals surface area contributed by atoms with E-state index in [1.165, 1.54) is 6.42 Å². The molecule has 0 aromatic carbocycles. The van der Waals surface area contributed by atoms with E-state index in [2.05, 4.69) is 0 Å². The van der Waals surface area contributed by atoms with Gasteiger partial charge >= 0.3 is 5.97 Å². The SMILES string of the molecule is O=C(OCCCS(=O)(=O)O)C1C2CC3CC(C2)CC1C3. The number of carbonyl (C=O) groups is 1. The molecule has 4 saturated carbocycles. The molecule has 4 aliphatic rings. The van der Waals surface area contributed by atoms with E-state index in [4.69, 9.17) is 9.29 Å². The van der Waals surface area contributed by atoms with Gasteiger partial charge in [-0.2, -0.15) is 8.42 Å². The second-order valence-electron chi connectivity index (χ2n) is 6.76. The zero-order valence-electron chi connectivity index (χ0n) is 11.5. The van der Waals surface area contributed by atoms with Crippen molar-refractivity contribution >= 4 is 16.1 Å². The Morgan fingerprint density at radius 2 is 1.60 bits per heavy atom. The standard InChI is InChI=1S/C14H22O5S/c15-14(19-2-1-3-20(16,17)18)13-11-5-9-4-10(7-11)8-12(13)6-9/h9-13H,1-8H2,(H,16,17,18). The number of hydrogen-bond acceptors (Lipinski definition) is 4. The van der Waals surface area contributed by atoms with E-state index in [-0.39, 0.29) is 30.7 Å². The van der Waals surface area contributed by atoms with E-state index in [1.807, 2.05) is 0 Å². The molecule has 20 heavy (non-hydrogen) atoms. The van der Waals surface area contributed by atoms with Gasteiger partial charge in [0.2, 0.25) is 0 Å². The van der Waals surface area contributed by atoms with E-state index >= 15 is 0 Å². The maximum absolute atomic E-state index is 12.2. The summed E-state index contributed by atoms with van der Waals surface area (Å²) in [5.41, 5.74) is 0. The molecule has 0 saturated heterocycles. The Morgan fingerprint density at radius 3 is 2.10 bits per heavy atom. The van der Waals surface area contributed by atoms with Crippen molar-refractivity contribution < 1.29 is 22.5 Å². The quantitative estimate of drug-likeness (QED) is 0.476. The molecule has 0 radical (unpaired) electrons. The van der Waals surface area contributed by atoms with Gasteiger partial charge in [-0.1, -0.05) is 0 Å². The lowest BCUT2D eigenvalue weighted by atomic mass is 9.52. The van der Waals surface area contributed by atoms with Crippen LogP contribution in [0.3, 0.4) is 0 Å². The molecule has 6 heteroatoms. The van der Waals surface area contributed by atoms with Crippen LogP contribution in [0.4, 0.5) is 0 Å². The van der Waals surface area contributed by atoms with Crippen molar-refractivity contribution in [2.24, 2.45) is 29.6 Å². The summed E-state index contributed by atoms with van der Waals surface area (Å²) in [6.45, 7) is 0.0847. The van der Waals surface area contributed by atoms with Crippen LogP contribution in [0, 0.1) is 29.6 Å². The summed E-state index contributed by atoms with van der Waals surface area (Å²) in [7, 11) is -3.95. The van der Waals surface area contributed by atoms with Crippen LogP contribution in [-0.4, -0.2) is 31.3 Å². The molecule has 0 amide bonds. The molecular formula is C14H22O5S. The third-order valence-corrected chi connectivity index (χ3v) is 6.09. The highest BCUT2D eigenvalue weighted by Crippen LogP contribution is 2.56. The van der Waals surface area contributed by atoms with Crippen molar-refractivity contribution in [1.29, 1.82) is 0 Å². The molecule has 0 atom stereocenters. The first-order chi connectivity index (χ1) is 9.42. The highest BCUT2D eigenvalue weighted by atomic mass is 32.2. The molecule has 5 nitrogen and oxygen atoms in total. The lowest BCUT2D eigenvalue weighted by Gasteiger charge is -2.53. The van der Waals surface area contributed by atoms with Crippen molar-refractivity contribution in [3.63, 3.8) is 0 Å². The van der Waals surface area contributed by atoms with Gasteiger partial charge < -0.3 is 4.74 Å². The van der Waals surface area contributed by atoms with Gasteiger partial charge in [0.1, 0.15) is 0 Å². The predicted octanol–water partition coefficient (Wildman–Crippen LogP) is 1.88. The highest BCUT2D eigenvalue weighted by molar-refractivity contribution is 7.85. The fraction of sp³-hybridized carbons (Fsp3) is 0.929. The number of ether oxygens (including phenoxy) is 1. The molecule has 0 spiro atoms. The summed E-state index contributed by atoms with van der Waals surface area (Å²) >= 11 is 0. The Morgan fingerprint density at radius 1 is 1.05 bits per heavy atom. The van der Waals surface area contributed by atoms with Crippen LogP contribution >= 0.6 is 0 Å². The Hall–Kier alpha value is -0.620. The van der Waals surface area contributed by atoms with E-state index in [0.29, 0.717) is 11.8 Å². The van der Waals surface area contributed by atoms with Crippen molar-refractivity contribution in [2.45, 2.75) is 38.5 Å². The van der Waals surface area contributed by atoms with E-state index < -0.39 is 10.1 Å². The van der Waals surface area contributed by atoms with Crippen LogP contribution in [0.25, 0.3) is 0 Å². The predicted molar refractivity (Wildman–Crippen MR) is 72.5 cm³/mol. The second kappa shape index (κ2) is 5.30. The fourth-order valence-corrected chi connectivity index (χ4v) is 5.30. The normalized spacial score (nSPS) is 39.0. The van der Waals surface area contributed by atoms with Crippen LogP contribution in [0.15, 0.2) is 0 Å². The first-order valence-electron chi connectivity index (χ1n) is 7.54. The summed E-state index contributed by atoms with van der Waals surface area (Å²) < 4.78 is 35.1. The van der Waals surface area contributed by atoms with Gasteiger partial charge in [-0.25, -0.2) is 0 Å². The van der Waals surface area contributed by atoms with Gasteiger partial charge in [0.05, 0.1) is 18.3 Å². The lowest BCUT2D eigenvalue weighted by Crippen LogP contribution is -2.48. The maximum Gasteiger partial charge on any atom is 0.309 e. The minimum Gasteiger partial charge on any atom is -0.465 e. The molecule has 0 heterocycles. The lowest BCUT2D eigenvalue weighted by molar-refractivity contribution is -0.162. The molecular weight excluding hydrogens is 280 g/mol. The second-order valence-corrected chi connectivity index (χ2v) is 8.34. The number of carbonyl (C=O) groups excluding carboxylic acids is 1. The summed E-state index contributed by atoms with van der Waals surface area (Å²) in [4.78, 5) is 12.2. The summed E-state index contributed by atoms with van der Waals surface area (Å²) in [5, 5.41) is 0. The number of hydrogen-bond donors (Lipinski definition) is 1. The van der Waals surface area contributed by atoms with Gasteiger partial charge in [0.15, 0.2) is 0 Å². The Balaban J connectivity index is 1.50. The molecule has 0 aromatic heterocycles. The van der Waals surface area contributed by atoms with Crippen molar-refractivity contribution in [3.8, 4) is 0 Å². The molecule has 4 fully saturated rings. The minimum atomic E-state index is -3.95. The number of rotatable bonds is 5. The van der Waals surface area contributed by atoms with Gasteiger partial charge in [-0.15, -0.1) is 0 Å². The molecule has 4 rings (SSSR count). The van der Waals surface area contributed by atoms with Gasteiger partial charge in [0, 0.05) is 0 Å². The molecule has 114 valence electrons. The molecule has 4 aliphatic carbocycles. The third kappa shape index (κ3) is 3.01. The average Bonchev–Trinajstić information content (AvgIpc) is 2.32. The van der Waals surface area contributed by atoms with E-state index in [1.54, 1.807) is 0 Å². The summed E-state index contributed by atoms with van der Waals surface area (Å²) in [6.07, 6.45) is 6.17. The zero-order valence-corrected chi connectivity index (χ0v) is 12.3. The Bertz CT molecular complexity index is 456. The van der Waals surface area contributed by atoms with Crippen LogP contribution in [0.5, 0.6) is 0 Å². The van der Waals surface area contributed by atoms with E-state index in [0.717, 1.165) is 37.5 Å². The maximum atomic E-state index is 12.2. The molecule has 0 aromatic rings. The van der Waals surface area contributed by atoms with Crippen LogP contribution in [-0.2, 0) is 19.6 Å². The zero-order chi connectivity index (χ0) is 14.3. The monoisotopic (exact) mass is 302 g/mol. The van der Waals surface area contributed by atoms with Crippen LogP contribution in [0.2, 0.25) is 0 Å². The Kier molecular flexibility index (Phi) is 3.79. The van der Waals surface area contributed by atoms with Crippen molar-refractivity contribution in [1.82, 2.24) is 0 Å². The molecule has 0 unspecified atom stereocenters. The molecule has 1 N–H and O–H groups in total. The van der Waals surface area contributed by atoms with Gasteiger partial charge in [-0.3, -0.25) is 9.35 Å². The number of esters is 1. The van der Waals surface area contributed by atoms with E-state index in [9.17, 15) is 13.2 Å². The largest absolute Gasteiger partial charge is 0.465 e. The van der Waals surface area contributed by atoms with Crippen LogP contribution < -0.4 is 0 Å². The smallest absolute Gasteiger partial charge is 0.309 e. The highest BCUT2D eigenvalue weighted by Gasteiger charge is 2.51. The first-order valence-corrected chi connectivity index (χ1v) is 9.15. The molecule has 4 bridgehead atoms. The van der Waals surface area contributed by atoms with Gasteiger partial charge in [-0.05, 0) is 62.2 Å². The first kappa shape index (κ1) is 14.3. The topological polar surface area (TPSA) is 80.7 Å². The summed E-state index contributed by atoms with van der Waals surface area (Å²) in [6, 6.07) is 0. The summed E-state index contributed by atoms with van der Waals surface area (Å²) in [5.74, 6) is 2.16. The van der Waals surface area contributed by atoms with Gasteiger partial charge in [0.25, 0.3) is 10.1 Å². The fourth-order valence-electron chi connectivity index (χ4n) is 4.82. The van der Waals surface area contributed by atoms with Crippen molar-refractivity contribution in [3.05, 3.63) is 0 Å². The molecule has 0 aliphatic heterocycles. The minimum absolute atomic E-state index is 0.0357. The van der Waals surface area contributed by atoms with Crippen LogP contribution in [0.1, 0.15) is 38.5 Å². The average molecular weight is 302 g/mol. The Labute approximate surface area is 119 Å². The van der Waals surface area contributed by atoms with Crippen molar-refractivity contribution in [2.75, 3.05) is 12.4 Å². The third-order valence-electron chi connectivity index (χ3n) is 5.29.